The molecule has 3 heterocycles. The molecule has 1 atom stereocenters. The minimum Gasteiger partial charge on any atom is -0.497 e. The van der Waals surface area contributed by atoms with Crippen LogP contribution in [-0.2, 0) is 10.9 Å². The zero-order chi connectivity index (χ0) is 24.6. The number of nitrogens with zero attached hydrogens (tertiary/aromatic N) is 3. The van der Waals surface area contributed by atoms with Crippen molar-refractivity contribution in [2.45, 2.75) is 25.1 Å². The summed E-state index contributed by atoms with van der Waals surface area (Å²) < 4.78 is 52.8. The second kappa shape index (κ2) is 11.4. The van der Waals surface area contributed by atoms with Gasteiger partial charge in [0, 0.05) is 18.2 Å². The molecule has 11 heteroatoms. The van der Waals surface area contributed by atoms with Gasteiger partial charge < -0.3 is 19.3 Å². The van der Waals surface area contributed by atoms with Crippen LogP contribution in [0.4, 0.5) is 13.2 Å². The number of ether oxygens (including phenoxy) is 3. The number of aromatic nitrogens is 3. The predicted octanol–water partition coefficient (Wildman–Crippen LogP) is 4.51. The molecule has 4 rings (SSSR count). The number of hydrogen-bond donors (Lipinski definition) is 1. The van der Waals surface area contributed by atoms with E-state index >= 15 is 0 Å². The maximum absolute atomic E-state index is 12.4. The van der Waals surface area contributed by atoms with E-state index in [1.54, 1.807) is 13.2 Å². The van der Waals surface area contributed by atoms with E-state index in [9.17, 15) is 18.0 Å². The molecule has 1 aliphatic rings. The Bertz CT molecular complexity index is 1070. The summed E-state index contributed by atoms with van der Waals surface area (Å²) in [6.45, 7) is 1.08. The smallest absolute Gasteiger partial charge is 0.433 e. The lowest BCUT2D eigenvalue weighted by Crippen LogP contribution is -2.28. The van der Waals surface area contributed by atoms with Crippen LogP contribution in [0.2, 0.25) is 0 Å². The number of pyridine rings is 1. The Balaban J connectivity index is 0.000000191. The summed E-state index contributed by atoms with van der Waals surface area (Å²) in [5.74, 6) is -0.335. The van der Waals surface area contributed by atoms with Crippen LogP contribution in [0.25, 0.3) is 11.3 Å². The first kappa shape index (κ1) is 24.9. The van der Waals surface area contributed by atoms with Gasteiger partial charge >= 0.3 is 12.1 Å². The van der Waals surface area contributed by atoms with E-state index in [0.29, 0.717) is 18.9 Å². The van der Waals surface area contributed by atoms with E-state index in [1.807, 2.05) is 24.3 Å². The average Bonchev–Trinajstić information content (AvgIpc) is 2.85. The Kier molecular flexibility index (Phi) is 8.36. The number of alkyl halides is 3. The van der Waals surface area contributed by atoms with Gasteiger partial charge in [-0.2, -0.15) is 13.2 Å². The first-order chi connectivity index (χ1) is 16.3. The van der Waals surface area contributed by atoms with E-state index in [0.717, 1.165) is 30.2 Å². The summed E-state index contributed by atoms with van der Waals surface area (Å²) >= 11 is 0. The molecule has 1 saturated heterocycles. The number of carboxylic acid groups (broad SMARTS) is 1. The molecule has 1 aromatic carbocycles. The molecule has 2 aromatic heterocycles. The van der Waals surface area contributed by atoms with Crippen LogP contribution in [0, 0.1) is 0 Å². The lowest BCUT2D eigenvalue weighted by atomic mass is 10.1. The van der Waals surface area contributed by atoms with Crippen molar-refractivity contribution in [3.63, 3.8) is 0 Å². The van der Waals surface area contributed by atoms with Gasteiger partial charge in [0.1, 0.15) is 17.5 Å². The molecule has 1 aliphatic heterocycles. The molecule has 1 unspecified atom stereocenters. The minimum atomic E-state index is -4.44. The number of methoxy groups -OCH3 is 1. The van der Waals surface area contributed by atoms with Crippen LogP contribution in [0.5, 0.6) is 11.6 Å². The summed E-state index contributed by atoms with van der Waals surface area (Å²) in [5, 5.41) is 16.2. The molecule has 0 saturated carbocycles. The Morgan fingerprint density at radius 1 is 1.09 bits per heavy atom. The lowest BCUT2D eigenvalue weighted by molar-refractivity contribution is -0.141. The Hall–Kier alpha value is -3.73. The Labute approximate surface area is 193 Å². The van der Waals surface area contributed by atoms with Gasteiger partial charge in [0.15, 0.2) is 5.69 Å². The first-order valence-corrected chi connectivity index (χ1v) is 10.3. The van der Waals surface area contributed by atoms with Crippen LogP contribution in [0.3, 0.4) is 0 Å². The molecular formula is C23H22F3N3O5. The monoisotopic (exact) mass is 477 g/mol. The maximum atomic E-state index is 12.4. The summed E-state index contributed by atoms with van der Waals surface area (Å²) in [6, 6.07) is 14.0. The number of rotatable bonds is 5. The molecule has 34 heavy (non-hydrogen) atoms. The van der Waals surface area contributed by atoms with Crippen molar-refractivity contribution in [1.29, 1.82) is 0 Å². The van der Waals surface area contributed by atoms with E-state index in [2.05, 4.69) is 15.2 Å². The Morgan fingerprint density at radius 3 is 2.41 bits per heavy atom. The zero-order valence-electron chi connectivity index (χ0n) is 18.2. The zero-order valence-corrected chi connectivity index (χ0v) is 18.2. The summed E-state index contributed by atoms with van der Waals surface area (Å²) in [6.07, 6.45) is -3.02. The molecule has 0 aliphatic carbocycles. The topological polar surface area (TPSA) is 104 Å². The van der Waals surface area contributed by atoms with E-state index in [1.165, 1.54) is 18.2 Å². The van der Waals surface area contributed by atoms with Gasteiger partial charge in [0.2, 0.25) is 5.88 Å². The summed E-state index contributed by atoms with van der Waals surface area (Å²) in [7, 11) is 1.59. The standard InChI is InChI=1S/C12H10N2O3.C11H12F3NO2/c1-17-9-4-2-8(3-5-9)10-6-7-11(12(15)16)14-13-10;12-11(13,14)9-4-1-5-10(15-9)17-8-3-2-6-16-7-8/h2-7H,1H3,(H,15,16);1,4-5,8H,2-3,6-7H2. The third-order valence-electron chi connectivity index (χ3n) is 4.69. The van der Waals surface area contributed by atoms with Gasteiger partial charge in [0.25, 0.3) is 0 Å². The van der Waals surface area contributed by atoms with Crippen molar-refractivity contribution in [2.75, 3.05) is 20.3 Å². The van der Waals surface area contributed by atoms with Gasteiger partial charge in [-0.1, -0.05) is 6.07 Å². The molecule has 180 valence electrons. The molecule has 8 nitrogen and oxygen atoms in total. The van der Waals surface area contributed by atoms with Gasteiger partial charge in [-0.25, -0.2) is 9.78 Å². The number of benzene rings is 1. The second-order valence-corrected chi connectivity index (χ2v) is 7.15. The number of carboxylic acids is 1. The van der Waals surface area contributed by atoms with Crippen LogP contribution in [0.1, 0.15) is 29.0 Å². The van der Waals surface area contributed by atoms with E-state index in [4.69, 9.17) is 19.3 Å². The predicted molar refractivity (Wildman–Crippen MR) is 115 cm³/mol. The maximum Gasteiger partial charge on any atom is 0.433 e. The number of halogens is 3. The number of aromatic carboxylic acids is 1. The highest BCUT2D eigenvalue weighted by atomic mass is 19.4. The molecule has 3 aromatic rings. The minimum absolute atomic E-state index is 0.00433. The third-order valence-corrected chi connectivity index (χ3v) is 4.69. The van der Waals surface area contributed by atoms with Gasteiger partial charge in [-0.15, -0.1) is 10.2 Å². The molecule has 0 spiro atoms. The van der Waals surface area contributed by atoms with Crippen LogP contribution < -0.4 is 9.47 Å². The largest absolute Gasteiger partial charge is 0.497 e. The summed E-state index contributed by atoms with van der Waals surface area (Å²) in [5.41, 5.74) is 0.474. The quantitative estimate of drug-likeness (QED) is 0.573. The van der Waals surface area contributed by atoms with E-state index in [-0.39, 0.29) is 17.7 Å². The summed E-state index contributed by atoms with van der Waals surface area (Å²) in [4.78, 5) is 14.0. The van der Waals surface area contributed by atoms with Crippen molar-refractivity contribution < 1.29 is 37.3 Å². The highest BCUT2D eigenvalue weighted by Gasteiger charge is 2.32. The molecule has 0 bridgehead atoms. The van der Waals surface area contributed by atoms with Crippen LogP contribution in [-0.4, -0.2) is 52.7 Å². The molecular weight excluding hydrogens is 455 g/mol. The van der Waals surface area contributed by atoms with E-state index < -0.39 is 17.8 Å². The highest BCUT2D eigenvalue weighted by molar-refractivity contribution is 5.85. The number of carbonyl (C=O) groups is 1. The number of hydrogen-bond acceptors (Lipinski definition) is 7. The molecule has 0 radical (unpaired) electrons. The lowest BCUT2D eigenvalue weighted by Gasteiger charge is -2.22. The van der Waals surface area contributed by atoms with Crippen molar-refractivity contribution in [3.05, 3.63) is 66.0 Å². The Morgan fingerprint density at radius 2 is 1.85 bits per heavy atom. The van der Waals surface area contributed by atoms with Crippen molar-refractivity contribution in [1.82, 2.24) is 15.2 Å². The van der Waals surface area contributed by atoms with Crippen molar-refractivity contribution in [3.8, 4) is 22.9 Å². The fourth-order valence-corrected chi connectivity index (χ4v) is 2.98. The normalized spacial score (nSPS) is 15.6. The fourth-order valence-electron chi connectivity index (χ4n) is 2.98. The van der Waals surface area contributed by atoms with Gasteiger partial charge in [-0.3, -0.25) is 0 Å². The van der Waals surface area contributed by atoms with Crippen molar-refractivity contribution in [2.24, 2.45) is 0 Å². The SMILES string of the molecule is COc1ccc(-c2ccc(C(=O)O)nn2)cc1.FC(F)(F)c1cccc(OC2CCCOC2)n1. The molecule has 0 amide bonds. The van der Waals surface area contributed by atoms with Crippen LogP contribution in [0.15, 0.2) is 54.6 Å². The third kappa shape index (κ3) is 7.14. The fraction of sp³-hybridized carbons (Fsp3) is 0.304. The highest BCUT2D eigenvalue weighted by Crippen LogP contribution is 2.29. The second-order valence-electron chi connectivity index (χ2n) is 7.15. The average molecular weight is 477 g/mol. The first-order valence-electron chi connectivity index (χ1n) is 10.3. The molecule has 1 N–H and O–H groups in total. The van der Waals surface area contributed by atoms with Crippen molar-refractivity contribution >= 4 is 5.97 Å². The van der Waals surface area contributed by atoms with Crippen LogP contribution >= 0.6 is 0 Å². The van der Waals surface area contributed by atoms with Gasteiger partial charge in [0.05, 0.1) is 19.4 Å². The molecule has 1 fully saturated rings. The van der Waals surface area contributed by atoms with Gasteiger partial charge in [-0.05, 0) is 55.3 Å².